The average Bonchev–Trinajstić information content (AvgIpc) is 3.32. The molecule has 1 aliphatic heterocycles. The van der Waals surface area contributed by atoms with Crippen LogP contribution in [0, 0.1) is 5.41 Å². The molecule has 5 nitrogen and oxygen atoms in total. The van der Waals surface area contributed by atoms with Gasteiger partial charge in [0, 0.05) is 12.5 Å². The van der Waals surface area contributed by atoms with E-state index in [1.807, 2.05) is 66.7 Å². The molecule has 36 heavy (non-hydrogen) atoms. The van der Waals surface area contributed by atoms with Crippen LogP contribution in [-0.2, 0) is 16.0 Å². The van der Waals surface area contributed by atoms with E-state index in [1.54, 1.807) is 14.2 Å². The lowest BCUT2D eigenvalue weighted by Crippen LogP contribution is -2.40. The smallest absolute Gasteiger partial charge is 0.322 e. The molecule has 0 bridgehead atoms. The molecule has 1 saturated heterocycles. The molecule has 1 fully saturated rings. The van der Waals surface area contributed by atoms with Crippen molar-refractivity contribution < 1.29 is 19.0 Å². The van der Waals surface area contributed by atoms with Crippen LogP contribution in [0.4, 0.5) is 0 Å². The van der Waals surface area contributed by atoms with Crippen molar-refractivity contribution in [2.75, 3.05) is 20.8 Å². The number of hydrogen-bond donors (Lipinski definition) is 1. The Morgan fingerprint density at radius 1 is 0.917 bits per heavy atom. The van der Waals surface area contributed by atoms with Gasteiger partial charge in [-0.15, -0.1) is 0 Å². The van der Waals surface area contributed by atoms with Gasteiger partial charge in [0.15, 0.2) is 11.5 Å². The highest BCUT2D eigenvalue weighted by atomic mass is 16.5. The van der Waals surface area contributed by atoms with Gasteiger partial charge in [-0.25, -0.2) is 0 Å². The highest BCUT2D eigenvalue weighted by Gasteiger charge is 2.44. The number of hydrogen-bond acceptors (Lipinski definition) is 5. The Kier molecular flexibility index (Phi) is 7.10. The van der Waals surface area contributed by atoms with Gasteiger partial charge in [0.25, 0.3) is 0 Å². The second kappa shape index (κ2) is 10.6. The van der Waals surface area contributed by atoms with E-state index in [4.69, 9.17) is 14.2 Å². The van der Waals surface area contributed by atoms with Gasteiger partial charge in [-0.1, -0.05) is 66.7 Å². The number of carbonyl (C=O) groups is 1. The SMILES string of the molecule is COc1ccc(C[C@@]23CCN[C@H]2C=C(OC(=O)C(c2ccccc2)c2ccccc2)CC3)cc1OC. The minimum Gasteiger partial charge on any atom is -0.493 e. The normalized spacial score (nSPS) is 21.0. The number of allylic oxidation sites excluding steroid dienone is 1. The summed E-state index contributed by atoms with van der Waals surface area (Å²) < 4.78 is 17.0. The molecule has 0 aromatic heterocycles. The molecule has 186 valence electrons. The minimum atomic E-state index is -0.455. The van der Waals surface area contributed by atoms with E-state index in [0.717, 1.165) is 60.6 Å². The molecule has 2 aliphatic rings. The third kappa shape index (κ3) is 4.89. The third-order valence-corrected chi connectivity index (χ3v) is 7.61. The maximum atomic E-state index is 13.5. The van der Waals surface area contributed by atoms with Crippen LogP contribution in [0.25, 0.3) is 0 Å². The Bertz CT molecular complexity index is 1180. The average molecular weight is 484 g/mol. The molecule has 0 amide bonds. The molecule has 0 saturated carbocycles. The molecule has 5 rings (SSSR count). The van der Waals surface area contributed by atoms with Gasteiger partial charge in [-0.2, -0.15) is 0 Å². The largest absolute Gasteiger partial charge is 0.493 e. The van der Waals surface area contributed by atoms with Gasteiger partial charge in [0.1, 0.15) is 11.7 Å². The van der Waals surface area contributed by atoms with Crippen LogP contribution < -0.4 is 14.8 Å². The van der Waals surface area contributed by atoms with E-state index in [-0.39, 0.29) is 17.4 Å². The fourth-order valence-electron chi connectivity index (χ4n) is 5.72. The van der Waals surface area contributed by atoms with Gasteiger partial charge in [-0.05, 0) is 66.1 Å². The Morgan fingerprint density at radius 2 is 1.58 bits per heavy atom. The maximum Gasteiger partial charge on any atom is 0.322 e. The van der Waals surface area contributed by atoms with Crippen LogP contribution in [0.15, 0.2) is 90.7 Å². The van der Waals surface area contributed by atoms with Crippen molar-refractivity contribution in [1.29, 1.82) is 0 Å². The van der Waals surface area contributed by atoms with Crippen molar-refractivity contribution in [3.05, 3.63) is 107 Å². The molecule has 3 aromatic carbocycles. The second-order valence-electron chi connectivity index (χ2n) is 9.72. The molecular formula is C31H33NO4. The highest BCUT2D eigenvalue weighted by molar-refractivity contribution is 5.83. The summed E-state index contributed by atoms with van der Waals surface area (Å²) in [7, 11) is 3.32. The zero-order valence-corrected chi connectivity index (χ0v) is 20.9. The molecule has 5 heteroatoms. The first-order valence-corrected chi connectivity index (χ1v) is 12.6. The van der Waals surface area contributed by atoms with E-state index in [1.165, 1.54) is 5.56 Å². The van der Waals surface area contributed by atoms with Crippen molar-refractivity contribution in [1.82, 2.24) is 5.32 Å². The number of carbonyl (C=O) groups excluding carboxylic acids is 1. The summed E-state index contributed by atoms with van der Waals surface area (Å²) in [6.45, 7) is 0.951. The number of esters is 1. The van der Waals surface area contributed by atoms with Gasteiger partial charge in [0.2, 0.25) is 0 Å². The van der Waals surface area contributed by atoms with Crippen molar-refractivity contribution in [2.24, 2.45) is 5.41 Å². The van der Waals surface area contributed by atoms with E-state index >= 15 is 0 Å². The van der Waals surface area contributed by atoms with Crippen molar-refractivity contribution in [3.8, 4) is 11.5 Å². The standard InChI is InChI=1S/C31H33NO4/c1-34-26-14-13-22(19-27(26)35-2)21-31-16-15-25(20-28(31)32-18-17-31)36-30(33)29(23-9-5-3-6-10-23)24-11-7-4-8-12-24/h3-14,19-20,28-29,32H,15-18,21H2,1-2H3/t28-,31+/m0/s1. The summed E-state index contributed by atoms with van der Waals surface area (Å²) in [6, 6.07) is 26.1. The van der Waals surface area contributed by atoms with Crippen LogP contribution in [0.5, 0.6) is 11.5 Å². The molecule has 0 unspecified atom stereocenters. The van der Waals surface area contributed by atoms with Crippen LogP contribution in [0.3, 0.4) is 0 Å². The zero-order chi connectivity index (χ0) is 25.0. The molecule has 2 atom stereocenters. The lowest BCUT2D eigenvalue weighted by molar-refractivity contribution is -0.140. The number of fused-ring (bicyclic) bond motifs is 1. The number of nitrogens with one attached hydrogen (secondary N) is 1. The number of benzene rings is 3. The highest BCUT2D eigenvalue weighted by Crippen LogP contribution is 2.45. The minimum absolute atomic E-state index is 0.0910. The third-order valence-electron chi connectivity index (χ3n) is 7.61. The Morgan fingerprint density at radius 3 is 2.22 bits per heavy atom. The molecule has 0 spiro atoms. The lowest BCUT2D eigenvalue weighted by Gasteiger charge is -2.38. The van der Waals surface area contributed by atoms with Crippen LogP contribution in [-0.4, -0.2) is 32.8 Å². The summed E-state index contributed by atoms with van der Waals surface area (Å²) in [5.41, 5.74) is 3.19. The first-order valence-electron chi connectivity index (χ1n) is 12.6. The monoisotopic (exact) mass is 483 g/mol. The Hall–Kier alpha value is -3.57. The van der Waals surface area contributed by atoms with Gasteiger partial charge in [0.05, 0.1) is 14.2 Å². The quantitative estimate of drug-likeness (QED) is 0.420. The topological polar surface area (TPSA) is 56.8 Å². The lowest BCUT2D eigenvalue weighted by atomic mass is 9.69. The summed E-state index contributed by atoms with van der Waals surface area (Å²) in [5, 5.41) is 3.64. The molecular weight excluding hydrogens is 450 g/mol. The fraction of sp³-hybridized carbons (Fsp3) is 0.323. The van der Waals surface area contributed by atoms with Crippen LogP contribution in [0.1, 0.15) is 41.9 Å². The molecule has 0 radical (unpaired) electrons. The second-order valence-corrected chi connectivity index (χ2v) is 9.72. The molecule has 1 heterocycles. The number of methoxy groups -OCH3 is 2. The van der Waals surface area contributed by atoms with Crippen LogP contribution in [0.2, 0.25) is 0 Å². The van der Waals surface area contributed by atoms with Crippen LogP contribution >= 0.6 is 0 Å². The predicted octanol–water partition coefficient (Wildman–Crippen LogP) is 5.65. The number of rotatable bonds is 8. The zero-order valence-electron chi connectivity index (χ0n) is 20.9. The van der Waals surface area contributed by atoms with Gasteiger partial charge >= 0.3 is 5.97 Å². The van der Waals surface area contributed by atoms with E-state index in [0.29, 0.717) is 0 Å². The first-order chi connectivity index (χ1) is 17.6. The molecule has 1 N–H and O–H groups in total. The van der Waals surface area contributed by atoms with E-state index in [2.05, 4.69) is 23.5 Å². The summed E-state index contributed by atoms with van der Waals surface area (Å²) in [5.74, 6) is 1.57. The van der Waals surface area contributed by atoms with Crippen molar-refractivity contribution >= 4 is 5.97 Å². The number of ether oxygens (including phenoxy) is 3. The van der Waals surface area contributed by atoms with Gasteiger partial charge < -0.3 is 19.5 Å². The Labute approximate surface area is 213 Å². The maximum absolute atomic E-state index is 13.5. The summed E-state index contributed by atoms with van der Waals surface area (Å²) in [4.78, 5) is 13.5. The summed E-state index contributed by atoms with van der Waals surface area (Å²) >= 11 is 0. The molecule has 1 aliphatic carbocycles. The summed E-state index contributed by atoms with van der Waals surface area (Å²) in [6.07, 6.45) is 5.86. The van der Waals surface area contributed by atoms with Crippen molar-refractivity contribution in [3.63, 3.8) is 0 Å². The Balaban J connectivity index is 1.35. The molecule has 3 aromatic rings. The van der Waals surface area contributed by atoms with Gasteiger partial charge in [-0.3, -0.25) is 4.79 Å². The fourth-order valence-corrected chi connectivity index (χ4v) is 5.72. The predicted molar refractivity (Wildman–Crippen MR) is 140 cm³/mol. The first kappa shape index (κ1) is 24.1. The van der Waals surface area contributed by atoms with Crippen molar-refractivity contribution in [2.45, 2.75) is 37.6 Å². The van der Waals surface area contributed by atoms with E-state index in [9.17, 15) is 4.79 Å². The van der Waals surface area contributed by atoms with E-state index < -0.39 is 5.92 Å².